The van der Waals surface area contributed by atoms with Crippen molar-refractivity contribution < 1.29 is 14.3 Å². The number of thioether (sulfide) groups is 1. The topological polar surface area (TPSA) is 46.6 Å². The number of carbonyl (C=O) groups is 2. The van der Waals surface area contributed by atoms with Gasteiger partial charge in [0.1, 0.15) is 6.04 Å². The van der Waals surface area contributed by atoms with Gasteiger partial charge >= 0.3 is 5.97 Å². The number of ether oxygens (including phenoxy) is 1. The van der Waals surface area contributed by atoms with Crippen LogP contribution in [0.3, 0.4) is 0 Å². The molecule has 0 aromatic rings. The Kier molecular flexibility index (Phi) is 8.43. The molecule has 2 aliphatic rings. The molecule has 1 aliphatic carbocycles. The third kappa shape index (κ3) is 5.40. The predicted molar refractivity (Wildman–Crippen MR) is 98.8 cm³/mol. The van der Waals surface area contributed by atoms with E-state index in [0.717, 1.165) is 19.3 Å². The van der Waals surface area contributed by atoms with E-state index in [4.69, 9.17) is 4.74 Å². The molecule has 1 saturated heterocycles. The molecule has 2 rings (SSSR count). The first-order chi connectivity index (χ1) is 11.7. The molecule has 1 saturated carbocycles. The highest BCUT2D eigenvalue weighted by Crippen LogP contribution is 2.35. The van der Waals surface area contributed by atoms with Crippen LogP contribution in [0.4, 0.5) is 0 Å². The van der Waals surface area contributed by atoms with Gasteiger partial charge in [0, 0.05) is 12.2 Å². The summed E-state index contributed by atoms with van der Waals surface area (Å²) < 4.78 is 5.21. The smallest absolute Gasteiger partial charge is 0.329 e. The fourth-order valence-corrected chi connectivity index (χ4v) is 5.32. The molecule has 4 nitrogen and oxygen atoms in total. The molecule has 1 amide bonds. The quantitative estimate of drug-likeness (QED) is 0.455. The highest BCUT2D eigenvalue weighted by Gasteiger charge is 2.41. The van der Waals surface area contributed by atoms with Gasteiger partial charge in [-0.3, -0.25) is 4.79 Å². The largest absolute Gasteiger partial charge is 0.464 e. The Bertz CT molecular complexity index is 409. The molecule has 0 bridgehead atoms. The first kappa shape index (κ1) is 19.6. The van der Waals surface area contributed by atoms with Crippen LogP contribution in [0.1, 0.15) is 78.1 Å². The highest BCUT2D eigenvalue weighted by molar-refractivity contribution is 8.00. The van der Waals surface area contributed by atoms with E-state index in [9.17, 15) is 9.59 Å². The van der Waals surface area contributed by atoms with Crippen LogP contribution in [0, 0.1) is 5.92 Å². The number of hydrogen-bond donors (Lipinski definition) is 0. The molecule has 0 radical (unpaired) electrons. The van der Waals surface area contributed by atoms with E-state index in [1.165, 1.54) is 38.5 Å². The van der Waals surface area contributed by atoms with Crippen LogP contribution in [0.2, 0.25) is 0 Å². The van der Waals surface area contributed by atoms with Crippen LogP contribution in [-0.4, -0.2) is 40.6 Å². The van der Waals surface area contributed by atoms with E-state index in [0.29, 0.717) is 24.7 Å². The summed E-state index contributed by atoms with van der Waals surface area (Å²) in [4.78, 5) is 27.0. The number of rotatable bonds is 9. The van der Waals surface area contributed by atoms with Crippen LogP contribution in [0.15, 0.2) is 0 Å². The second kappa shape index (κ2) is 10.3. The van der Waals surface area contributed by atoms with Gasteiger partial charge < -0.3 is 9.64 Å². The van der Waals surface area contributed by atoms with Gasteiger partial charge in [-0.05, 0) is 25.7 Å². The molecular formula is C19H33NO3S. The minimum Gasteiger partial charge on any atom is -0.464 e. The van der Waals surface area contributed by atoms with Crippen molar-refractivity contribution in [1.29, 1.82) is 0 Å². The fourth-order valence-electron chi connectivity index (χ4n) is 3.87. The lowest BCUT2D eigenvalue weighted by molar-refractivity contribution is -0.153. The number of amides is 1. The second-order valence-corrected chi connectivity index (χ2v) is 8.25. The van der Waals surface area contributed by atoms with Crippen LogP contribution in [0.5, 0.6) is 0 Å². The predicted octanol–water partition coefficient (Wildman–Crippen LogP) is 4.37. The zero-order valence-corrected chi connectivity index (χ0v) is 16.1. The van der Waals surface area contributed by atoms with Crippen molar-refractivity contribution in [2.75, 3.05) is 12.4 Å². The molecule has 0 aromatic heterocycles. The summed E-state index contributed by atoms with van der Waals surface area (Å²) >= 11 is 1.75. The standard InChI is InChI=1S/C19H33NO3S/c1-3-5-6-11-18-20(16(14-24-18)19(22)23-4-2)17(21)13-12-15-9-7-8-10-15/h15-16,18H,3-14H2,1-2H3. The van der Waals surface area contributed by atoms with Crippen molar-refractivity contribution in [3.05, 3.63) is 0 Å². The molecule has 5 heteroatoms. The lowest BCUT2D eigenvalue weighted by atomic mass is 10.0. The van der Waals surface area contributed by atoms with E-state index in [1.54, 1.807) is 11.8 Å². The molecule has 0 aromatic carbocycles. The van der Waals surface area contributed by atoms with Gasteiger partial charge in [0.2, 0.25) is 5.91 Å². The molecule has 2 fully saturated rings. The number of carbonyl (C=O) groups excluding carboxylic acids is 2. The number of nitrogens with zero attached hydrogens (tertiary/aromatic N) is 1. The molecule has 0 N–H and O–H groups in total. The van der Waals surface area contributed by atoms with Crippen LogP contribution in [-0.2, 0) is 14.3 Å². The average molecular weight is 356 g/mol. The third-order valence-corrected chi connectivity index (χ3v) is 6.59. The Morgan fingerprint density at radius 3 is 2.54 bits per heavy atom. The summed E-state index contributed by atoms with van der Waals surface area (Å²) in [6.07, 6.45) is 11.2. The lowest BCUT2D eigenvalue weighted by Crippen LogP contribution is -2.46. The van der Waals surface area contributed by atoms with Crippen LogP contribution in [0.25, 0.3) is 0 Å². The Balaban J connectivity index is 1.95. The van der Waals surface area contributed by atoms with Crippen molar-refractivity contribution in [1.82, 2.24) is 4.90 Å². The van der Waals surface area contributed by atoms with Crippen molar-refractivity contribution in [3.63, 3.8) is 0 Å². The fraction of sp³-hybridized carbons (Fsp3) is 0.895. The van der Waals surface area contributed by atoms with Gasteiger partial charge in [0.25, 0.3) is 0 Å². The molecule has 138 valence electrons. The summed E-state index contributed by atoms with van der Waals surface area (Å²) in [5.74, 6) is 1.33. The first-order valence-corrected chi connectivity index (χ1v) is 10.8. The monoisotopic (exact) mass is 355 g/mol. The van der Waals surface area contributed by atoms with Gasteiger partial charge in [-0.1, -0.05) is 51.9 Å². The normalized spacial score (nSPS) is 24.5. The molecule has 2 unspecified atom stereocenters. The van der Waals surface area contributed by atoms with Crippen molar-refractivity contribution in [2.24, 2.45) is 5.92 Å². The molecule has 0 spiro atoms. The van der Waals surface area contributed by atoms with E-state index in [1.807, 2.05) is 11.8 Å². The van der Waals surface area contributed by atoms with Gasteiger partial charge in [0.05, 0.1) is 12.0 Å². The summed E-state index contributed by atoms with van der Waals surface area (Å²) in [5, 5.41) is 0.155. The molecule has 1 aliphatic heterocycles. The van der Waals surface area contributed by atoms with E-state index < -0.39 is 0 Å². The highest BCUT2D eigenvalue weighted by atomic mass is 32.2. The Labute approximate surface area is 151 Å². The summed E-state index contributed by atoms with van der Waals surface area (Å²) in [6, 6.07) is -0.377. The minimum absolute atomic E-state index is 0.155. The minimum atomic E-state index is -0.377. The summed E-state index contributed by atoms with van der Waals surface area (Å²) in [5.41, 5.74) is 0. The van der Waals surface area contributed by atoms with Gasteiger partial charge in [-0.25, -0.2) is 4.79 Å². The summed E-state index contributed by atoms with van der Waals surface area (Å²) in [7, 11) is 0. The van der Waals surface area contributed by atoms with Gasteiger partial charge in [-0.15, -0.1) is 11.8 Å². The maximum Gasteiger partial charge on any atom is 0.329 e. The number of hydrogen-bond acceptors (Lipinski definition) is 4. The Morgan fingerprint density at radius 1 is 1.12 bits per heavy atom. The van der Waals surface area contributed by atoms with Crippen LogP contribution >= 0.6 is 11.8 Å². The van der Waals surface area contributed by atoms with E-state index in [2.05, 4.69) is 6.92 Å². The van der Waals surface area contributed by atoms with Gasteiger partial charge in [-0.2, -0.15) is 0 Å². The zero-order chi connectivity index (χ0) is 17.4. The first-order valence-electron chi connectivity index (χ1n) is 9.76. The number of esters is 1. The third-order valence-electron chi connectivity index (χ3n) is 5.24. The Hall–Kier alpha value is -0.710. The molecular weight excluding hydrogens is 322 g/mol. The molecule has 1 heterocycles. The lowest BCUT2D eigenvalue weighted by Gasteiger charge is -2.29. The maximum absolute atomic E-state index is 12.9. The summed E-state index contributed by atoms with van der Waals surface area (Å²) in [6.45, 7) is 4.39. The number of unbranched alkanes of at least 4 members (excludes halogenated alkanes) is 2. The van der Waals surface area contributed by atoms with E-state index >= 15 is 0 Å². The van der Waals surface area contributed by atoms with Crippen LogP contribution < -0.4 is 0 Å². The second-order valence-electron chi connectivity index (χ2n) is 7.04. The molecule has 2 atom stereocenters. The average Bonchev–Trinajstić information content (AvgIpc) is 3.23. The zero-order valence-electron chi connectivity index (χ0n) is 15.3. The SMILES string of the molecule is CCCCCC1SCC(C(=O)OCC)N1C(=O)CCC1CCCC1. The van der Waals surface area contributed by atoms with Crippen molar-refractivity contribution in [3.8, 4) is 0 Å². The maximum atomic E-state index is 12.9. The van der Waals surface area contributed by atoms with Crippen molar-refractivity contribution in [2.45, 2.75) is 89.5 Å². The van der Waals surface area contributed by atoms with E-state index in [-0.39, 0.29) is 23.3 Å². The van der Waals surface area contributed by atoms with Crippen molar-refractivity contribution >= 4 is 23.6 Å². The van der Waals surface area contributed by atoms with Gasteiger partial charge in [0.15, 0.2) is 0 Å². The Morgan fingerprint density at radius 2 is 1.88 bits per heavy atom. The molecule has 24 heavy (non-hydrogen) atoms.